The third kappa shape index (κ3) is 2.03. The van der Waals surface area contributed by atoms with E-state index in [0.29, 0.717) is 17.4 Å². The SMILES string of the molecule is Fc1ccc(-c2noc([C@H]3CCCN3)n2)nc1. The lowest BCUT2D eigenvalue weighted by Gasteiger charge is -2.01. The highest BCUT2D eigenvalue weighted by Gasteiger charge is 2.22. The molecule has 6 heteroatoms. The molecule has 3 heterocycles. The normalized spacial score (nSPS) is 19.7. The fourth-order valence-electron chi connectivity index (χ4n) is 1.88. The van der Waals surface area contributed by atoms with Gasteiger partial charge in [-0.05, 0) is 31.5 Å². The number of hydrogen-bond acceptors (Lipinski definition) is 5. The first-order valence-corrected chi connectivity index (χ1v) is 5.52. The van der Waals surface area contributed by atoms with Crippen molar-refractivity contribution in [3.8, 4) is 11.5 Å². The van der Waals surface area contributed by atoms with Gasteiger partial charge in [0.2, 0.25) is 11.7 Å². The van der Waals surface area contributed by atoms with E-state index in [-0.39, 0.29) is 11.9 Å². The first-order valence-electron chi connectivity index (χ1n) is 5.52. The predicted molar refractivity (Wildman–Crippen MR) is 57.5 cm³/mol. The van der Waals surface area contributed by atoms with Crippen LogP contribution in [0.15, 0.2) is 22.9 Å². The molecule has 0 bridgehead atoms. The van der Waals surface area contributed by atoms with Crippen LogP contribution in [-0.4, -0.2) is 21.7 Å². The van der Waals surface area contributed by atoms with Crippen molar-refractivity contribution in [3.63, 3.8) is 0 Å². The Morgan fingerprint density at radius 3 is 3.06 bits per heavy atom. The van der Waals surface area contributed by atoms with Crippen LogP contribution in [0.5, 0.6) is 0 Å². The van der Waals surface area contributed by atoms with Crippen LogP contribution in [0.4, 0.5) is 4.39 Å². The Morgan fingerprint density at radius 2 is 2.35 bits per heavy atom. The second-order valence-corrected chi connectivity index (χ2v) is 3.97. The van der Waals surface area contributed by atoms with E-state index >= 15 is 0 Å². The van der Waals surface area contributed by atoms with Gasteiger partial charge in [-0.3, -0.25) is 0 Å². The minimum absolute atomic E-state index is 0.136. The number of halogens is 1. The molecule has 0 aromatic carbocycles. The van der Waals surface area contributed by atoms with E-state index in [1.807, 2.05) is 0 Å². The number of rotatable bonds is 2. The van der Waals surface area contributed by atoms with Crippen molar-refractivity contribution in [2.75, 3.05) is 6.54 Å². The van der Waals surface area contributed by atoms with Gasteiger partial charge < -0.3 is 9.84 Å². The van der Waals surface area contributed by atoms with Crippen molar-refractivity contribution in [1.82, 2.24) is 20.4 Å². The molecule has 88 valence electrons. The molecule has 3 rings (SSSR count). The zero-order valence-corrected chi connectivity index (χ0v) is 9.06. The molecule has 5 nitrogen and oxygen atoms in total. The van der Waals surface area contributed by atoms with E-state index in [0.717, 1.165) is 25.6 Å². The van der Waals surface area contributed by atoms with Crippen LogP contribution in [0.1, 0.15) is 24.8 Å². The van der Waals surface area contributed by atoms with Gasteiger partial charge >= 0.3 is 0 Å². The number of nitrogens with one attached hydrogen (secondary N) is 1. The summed E-state index contributed by atoms with van der Waals surface area (Å²) in [5.74, 6) is 0.590. The fraction of sp³-hybridized carbons (Fsp3) is 0.364. The molecule has 1 saturated heterocycles. The highest BCUT2D eigenvalue weighted by atomic mass is 19.1. The molecule has 1 atom stereocenters. The van der Waals surface area contributed by atoms with Crippen LogP contribution in [0.2, 0.25) is 0 Å². The topological polar surface area (TPSA) is 63.8 Å². The summed E-state index contributed by atoms with van der Waals surface area (Å²) in [6.45, 7) is 0.969. The lowest BCUT2D eigenvalue weighted by Crippen LogP contribution is -2.12. The molecule has 1 aliphatic rings. The lowest BCUT2D eigenvalue weighted by atomic mass is 10.2. The molecule has 1 N–H and O–H groups in total. The third-order valence-corrected chi connectivity index (χ3v) is 2.76. The number of hydrogen-bond donors (Lipinski definition) is 1. The molecule has 0 aliphatic carbocycles. The van der Waals surface area contributed by atoms with Crippen LogP contribution < -0.4 is 5.32 Å². The molecule has 0 unspecified atom stereocenters. The Kier molecular flexibility index (Phi) is 2.56. The molecule has 1 fully saturated rings. The van der Waals surface area contributed by atoms with Gasteiger partial charge in [0.15, 0.2) is 0 Å². The second-order valence-electron chi connectivity index (χ2n) is 3.97. The number of pyridine rings is 1. The Hall–Kier alpha value is -1.82. The van der Waals surface area contributed by atoms with Crippen molar-refractivity contribution >= 4 is 0 Å². The molecule has 17 heavy (non-hydrogen) atoms. The van der Waals surface area contributed by atoms with Gasteiger partial charge in [0.1, 0.15) is 11.5 Å². The van der Waals surface area contributed by atoms with Crippen LogP contribution in [0.3, 0.4) is 0 Å². The van der Waals surface area contributed by atoms with E-state index in [4.69, 9.17) is 4.52 Å². The van der Waals surface area contributed by atoms with E-state index in [1.54, 1.807) is 0 Å². The van der Waals surface area contributed by atoms with Gasteiger partial charge in [-0.15, -0.1) is 0 Å². The molecule has 1 aliphatic heterocycles. The van der Waals surface area contributed by atoms with Crippen LogP contribution in [-0.2, 0) is 0 Å². The molecule has 0 radical (unpaired) electrons. The summed E-state index contributed by atoms with van der Waals surface area (Å²) in [7, 11) is 0. The van der Waals surface area contributed by atoms with E-state index in [9.17, 15) is 4.39 Å². The lowest BCUT2D eigenvalue weighted by molar-refractivity contribution is 0.345. The largest absolute Gasteiger partial charge is 0.337 e. The van der Waals surface area contributed by atoms with Gasteiger partial charge in [0.05, 0.1) is 12.2 Å². The van der Waals surface area contributed by atoms with Gasteiger partial charge in [-0.2, -0.15) is 4.98 Å². The fourth-order valence-corrected chi connectivity index (χ4v) is 1.88. The first kappa shape index (κ1) is 10.3. The van der Waals surface area contributed by atoms with E-state index in [1.165, 1.54) is 12.1 Å². The second kappa shape index (κ2) is 4.21. The quantitative estimate of drug-likeness (QED) is 0.856. The Balaban J connectivity index is 1.86. The standard InChI is InChI=1S/C11H11FN4O/c12-7-3-4-8(14-6-7)10-15-11(17-16-10)9-2-1-5-13-9/h3-4,6,9,13H,1-2,5H2/t9-/m1/s1. The summed E-state index contributed by atoms with van der Waals surface area (Å²) in [5, 5.41) is 7.12. The number of nitrogens with zero attached hydrogens (tertiary/aromatic N) is 3. The van der Waals surface area contributed by atoms with Gasteiger partial charge in [-0.1, -0.05) is 5.16 Å². The minimum atomic E-state index is -0.380. The molecular formula is C11H11FN4O. The highest BCUT2D eigenvalue weighted by Crippen LogP contribution is 2.23. The maximum absolute atomic E-state index is 12.7. The van der Waals surface area contributed by atoms with Crippen molar-refractivity contribution in [2.24, 2.45) is 0 Å². The van der Waals surface area contributed by atoms with Gasteiger partial charge in [0, 0.05) is 0 Å². The molecular weight excluding hydrogens is 223 g/mol. The molecule has 2 aromatic rings. The van der Waals surface area contributed by atoms with Gasteiger partial charge in [-0.25, -0.2) is 9.37 Å². The van der Waals surface area contributed by atoms with E-state index < -0.39 is 0 Å². The summed E-state index contributed by atoms with van der Waals surface area (Å²) in [5.41, 5.74) is 0.513. The van der Waals surface area contributed by atoms with Crippen molar-refractivity contribution in [2.45, 2.75) is 18.9 Å². The first-order chi connectivity index (χ1) is 8.33. The highest BCUT2D eigenvalue weighted by molar-refractivity contribution is 5.47. The average molecular weight is 234 g/mol. The van der Waals surface area contributed by atoms with Crippen LogP contribution in [0, 0.1) is 5.82 Å². The van der Waals surface area contributed by atoms with Crippen molar-refractivity contribution in [3.05, 3.63) is 30.0 Å². The van der Waals surface area contributed by atoms with Crippen molar-refractivity contribution in [1.29, 1.82) is 0 Å². The number of aromatic nitrogens is 3. The van der Waals surface area contributed by atoms with Gasteiger partial charge in [0.25, 0.3) is 0 Å². The van der Waals surface area contributed by atoms with E-state index in [2.05, 4.69) is 20.4 Å². The molecule has 2 aromatic heterocycles. The Bertz CT molecular complexity index is 504. The average Bonchev–Trinajstić information content (AvgIpc) is 3.00. The summed E-state index contributed by atoms with van der Waals surface area (Å²) in [6.07, 6.45) is 3.24. The zero-order chi connectivity index (χ0) is 11.7. The maximum atomic E-state index is 12.7. The molecule has 0 saturated carbocycles. The Labute approximate surface area is 97.1 Å². The summed E-state index contributed by atoms with van der Waals surface area (Å²) in [4.78, 5) is 8.18. The third-order valence-electron chi connectivity index (χ3n) is 2.76. The molecule has 0 spiro atoms. The Morgan fingerprint density at radius 1 is 1.41 bits per heavy atom. The summed E-state index contributed by atoms with van der Waals surface area (Å²) < 4.78 is 17.9. The van der Waals surface area contributed by atoms with Crippen LogP contribution >= 0.6 is 0 Å². The maximum Gasteiger partial charge on any atom is 0.244 e. The van der Waals surface area contributed by atoms with Crippen LogP contribution in [0.25, 0.3) is 11.5 Å². The monoisotopic (exact) mass is 234 g/mol. The zero-order valence-electron chi connectivity index (χ0n) is 9.06. The summed E-state index contributed by atoms with van der Waals surface area (Å²) in [6, 6.07) is 3.00. The minimum Gasteiger partial charge on any atom is -0.337 e. The smallest absolute Gasteiger partial charge is 0.244 e. The molecule has 0 amide bonds. The predicted octanol–water partition coefficient (Wildman–Crippen LogP) is 1.70. The summed E-state index contributed by atoms with van der Waals surface area (Å²) >= 11 is 0. The van der Waals surface area contributed by atoms with Crippen molar-refractivity contribution < 1.29 is 8.91 Å².